The van der Waals surface area contributed by atoms with Gasteiger partial charge in [-0.3, -0.25) is 4.90 Å². The Kier molecular flexibility index (Phi) is 2.69. The maximum absolute atomic E-state index is 5.32. The molecule has 2 heteroatoms. The van der Waals surface area contributed by atoms with Crippen LogP contribution in [0.2, 0.25) is 0 Å². The minimum Gasteiger partial charge on any atom is -0.379 e. The maximum Gasteiger partial charge on any atom is 0.0619 e. The molecule has 60 valence electrons. The molecule has 0 amide bonds. The molecule has 2 nitrogen and oxygen atoms in total. The molecule has 0 N–H and O–H groups in total. The highest BCUT2D eigenvalue weighted by Crippen LogP contribution is 2.09. The summed E-state index contributed by atoms with van der Waals surface area (Å²) in [6, 6.07) is 1.27. The van der Waals surface area contributed by atoms with Crippen LogP contribution in [0.1, 0.15) is 20.8 Å². The Morgan fingerprint density at radius 3 is 2.60 bits per heavy atom. The van der Waals surface area contributed by atoms with Crippen LogP contribution in [0.3, 0.4) is 0 Å². The second kappa shape index (κ2) is 3.35. The molecule has 1 saturated heterocycles. The van der Waals surface area contributed by atoms with Gasteiger partial charge in [-0.05, 0) is 20.8 Å². The van der Waals surface area contributed by atoms with Gasteiger partial charge >= 0.3 is 0 Å². The quantitative estimate of drug-likeness (QED) is 0.545. The minimum absolute atomic E-state index is 0.605. The molecule has 0 radical (unpaired) electrons. The first-order chi connectivity index (χ1) is 4.72. The molecule has 0 spiro atoms. The standard InChI is InChI=1S/C8H17NO/c1-7(2)9-4-5-10-6-8(9)3/h7-8H,4-6H2,1-3H3. The van der Waals surface area contributed by atoms with Crippen molar-refractivity contribution < 1.29 is 4.74 Å². The first kappa shape index (κ1) is 8.02. The molecule has 1 fully saturated rings. The molecule has 1 rings (SSSR count). The van der Waals surface area contributed by atoms with Crippen molar-refractivity contribution in [1.29, 1.82) is 0 Å². The number of hydrogen-bond donors (Lipinski definition) is 0. The zero-order valence-corrected chi connectivity index (χ0v) is 7.13. The summed E-state index contributed by atoms with van der Waals surface area (Å²) in [6.45, 7) is 9.60. The fourth-order valence-corrected chi connectivity index (χ4v) is 1.51. The van der Waals surface area contributed by atoms with Crippen molar-refractivity contribution in [1.82, 2.24) is 4.90 Å². The van der Waals surface area contributed by atoms with E-state index in [0.29, 0.717) is 12.1 Å². The number of morpholine rings is 1. The zero-order valence-electron chi connectivity index (χ0n) is 7.13. The van der Waals surface area contributed by atoms with E-state index in [1.807, 2.05) is 0 Å². The fraction of sp³-hybridized carbons (Fsp3) is 1.00. The van der Waals surface area contributed by atoms with Gasteiger partial charge in [-0.15, -0.1) is 0 Å². The smallest absolute Gasteiger partial charge is 0.0619 e. The first-order valence-corrected chi connectivity index (χ1v) is 4.05. The van der Waals surface area contributed by atoms with E-state index in [1.165, 1.54) is 0 Å². The van der Waals surface area contributed by atoms with Gasteiger partial charge in [0.15, 0.2) is 0 Å². The Labute approximate surface area is 63.2 Å². The van der Waals surface area contributed by atoms with Gasteiger partial charge in [-0.1, -0.05) is 0 Å². The van der Waals surface area contributed by atoms with Gasteiger partial charge in [-0.25, -0.2) is 0 Å². The summed E-state index contributed by atoms with van der Waals surface area (Å²) in [5, 5.41) is 0. The molecule has 1 aliphatic rings. The van der Waals surface area contributed by atoms with Crippen molar-refractivity contribution in [3.8, 4) is 0 Å². The molecule has 0 aromatic rings. The van der Waals surface area contributed by atoms with Crippen LogP contribution >= 0.6 is 0 Å². The van der Waals surface area contributed by atoms with Crippen LogP contribution in [0.15, 0.2) is 0 Å². The Hall–Kier alpha value is -0.0800. The molecule has 0 saturated carbocycles. The van der Waals surface area contributed by atoms with E-state index in [4.69, 9.17) is 4.74 Å². The zero-order chi connectivity index (χ0) is 7.56. The number of hydrogen-bond acceptors (Lipinski definition) is 2. The fourth-order valence-electron chi connectivity index (χ4n) is 1.51. The van der Waals surface area contributed by atoms with E-state index in [2.05, 4.69) is 25.7 Å². The summed E-state index contributed by atoms with van der Waals surface area (Å²) in [5.74, 6) is 0. The molecule has 1 heterocycles. The molecule has 0 aromatic heterocycles. The second-order valence-corrected chi connectivity index (χ2v) is 3.26. The lowest BCUT2D eigenvalue weighted by Crippen LogP contribution is -2.47. The summed E-state index contributed by atoms with van der Waals surface area (Å²) >= 11 is 0. The molecular formula is C8H17NO. The van der Waals surface area contributed by atoms with Crippen LogP contribution in [-0.4, -0.2) is 36.7 Å². The number of ether oxygens (including phenoxy) is 1. The van der Waals surface area contributed by atoms with Crippen molar-refractivity contribution in [2.75, 3.05) is 19.8 Å². The van der Waals surface area contributed by atoms with Crippen molar-refractivity contribution in [2.24, 2.45) is 0 Å². The Bertz CT molecular complexity index is 103. The van der Waals surface area contributed by atoms with Gasteiger partial charge in [0.05, 0.1) is 13.2 Å². The maximum atomic E-state index is 5.32. The predicted molar refractivity (Wildman–Crippen MR) is 42.1 cm³/mol. The normalized spacial score (nSPS) is 29.4. The lowest BCUT2D eigenvalue weighted by Gasteiger charge is -2.36. The molecule has 1 atom stereocenters. The van der Waals surface area contributed by atoms with E-state index in [1.54, 1.807) is 0 Å². The minimum atomic E-state index is 0.605. The van der Waals surface area contributed by atoms with Gasteiger partial charge in [0, 0.05) is 18.6 Å². The number of rotatable bonds is 1. The SMILES string of the molecule is CC(C)N1CCOCC1C. The highest BCUT2D eigenvalue weighted by Gasteiger charge is 2.20. The highest BCUT2D eigenvalue weighted by atomic mass is 16.5. The highest BCUT2D eigenvalue weighted by molar-refractivity contribution is 4.73. The molecular weight excluding hydrogens is 126 g/mol. The Morgan fingerprint density at radius 2 is 2.20 bits per heavy atom. The third-order valence-corrected chi connectivity index (χ3v) is 2.08. The lowest BCUT2D eigenvalue weighted by atomic mass is 10.2. The third kappa shape index (κ3) is 1.70. The van der Waals surface area contributed by atoms with Gasteiger partial charge in [0.2, 0.25) is 0 Å². The Morgan fingerprint density at radius 1 is 1.50 bits per heavy atom. The van der Waals surface area contributed by atoms with Crippen LogP contribution in [0.4, 0.5) is 0 Å². The van der Waals surface area contributed by atoms with Crippen LogP contribution < -0.4 is 0 Å². The topological polar surface area (TPSA) is 12.5 Å². The molecule has 1 aliphatic heterocycles. The Balaban J connectivity index is 2.40. The van der Waals surface area contributed by atoms with E-state index >= 15 is 0 Å². The monoisotopic (exact) mass is 143 g/mol. The van der Waals surface area contributed by atoms with Crippen LogP contribution in [0.25, 0.3) is 0 Å². The van der Waals surface area contributed by atoms with Crippen LogP contribution in [0.5, 0.6) is 0 Å². The average Bonchev–Trinajstić information content (AvgIpc) is 1.88. The van der Waals surface area contributed by atoms with Crippen molar-refractivity contribution >= 4 is 0 Å². The lowest BCUT2D eigenvalue weighted by molar-refractivity contribution is -0.0149. The third-order valence-electron chi connectivity index (χ3n) is 2.08. The van der Waals surface area contributed by atoms with Crippen LogP contribution in [0, 0.1) is 0 Å². The molecule has 0 aromatic carbocycles. The number of nitrogens with zero attached hydrogens (tertiary/aromatic N) is 1. The van der Waals surface area contributed by atoms with Gasteiger partial charge < -0.3 is 4.74 Å². The average molecular weight is 143 g/mol. The van der Waals surface area contributed by atoms with E-state index < -0.39 is 0 Å². The van der Waals surface area contributed by atoms with Crippen molar-refractivity contribution in [2.45, 2.75) is 32.9 Å². The van der Waals surface area contributed by atoms with Crippen molar-refractivity contribution in [3.05, 3.63) is 0 Å². The first-order valence-electron chi connectivity index (χ1n) is 4.05. The van der Waals surface area contributed by atoms with E-state index in [0.717, 1.165) is 19.8 Å². The molecule has 0 aliphatic carbocycles. The van der Waals surface area contributed by atoms with Crippen molar-refractivity contribution in [3.63, 3.8) is 0 Å². The van der Waals surface area contributed by atoms with Gasteiger partial charge in [0.25, 0.3) is 0 Å². The summed E-state index contributed by atoms with van der Waals surface area (Å²) in [4.78, 5) is 2.48. The van der Waals surface area contributed by atoms with E-state index in [9.17, 15) is 0 Å². The van der Waals surface area contributed by atoms with Gasteiger partial charge in [-0.2, -0.15) is 0 Å². The second-order valence-electron chi connectivity index (χ2n) is 3.26. The summed E-state index contributed by atoms with van der Waals surface area (Å²) in [7, 11) is 0. The molecule has 10 heavy (non-hydrogen) atoms. The van der Waals surface area contributed by atoms with Crippen LogP contribution in [-0.2, 0) is 4.74 Å². The van der Waals surface area contributed by atoms with Gasteiger partial charge in [0.1, 0.15) is 0 Å². The largest absolute Gasteiger partial charge is 0.379 e. The predicted octanol–water partition coefficient (Wildman–Crippen LogP) is 1.12. The molecule has 0 bridgehead atoms. The summed E-state index contributed by atoms with van der Waals surface area (Å²) in [5.41, 5.74) is 0. The summed E-state index contributed by atoms with van der Waals surface area (Å²) in [6.07, 6.45) is 0. The summed E-state index contributed by atoms with van der Waals surface area (Å²) < 4.78 is 5.32. The molecule has 1 unspecified atom stereocenters. The van der Waals surface area contributed by atoms with E-state index in [-0.39, 0.29) is 0 Å².